The molecule has 7 heteroatoms. The highest BCUT2D eigenvalue weighted by molar-refractivity contribution is 5.69. The standard InChI is InChI=1S/C10H7F5O2/c1-17-5(16)3-2-4-6(11)8(13)10(15)9(14)7(4)12/h2-3H2,1H3. The molecule has 0 saturated carbocycles. The van der Waals surface area contributed by atoms with Crippen LogP contribution in [-0.2, 0) is 16.0 Å². The van der Waals surface area contributed by atoms with Gasteiger partial charge in [0.1, 0.15) is 0 Å². The number of hydrogen-bond acceptors (Lipinski definition) is 2. The van der Waals surface area contributed by atoms with Crippen LogP contribution in [0.5, 0.6) is 0 Å². The summed E-state index contributed by atoms with van der Waals surface area (Å²) in [5.41, 5.74) is -1.02. The van der Waals surface area contributed by atoms with Crippen molar-refractivity contribution in [1.82, 2.24) is 0 Å². The molecule has 0 unspecified atom stereocenters. The van der Waals surface area contributed by atoms with Gasteiger partial charge in [0.25, 0.3) is 0 Å². The smallest absolute Gasteiger partial charge is 0.305 e. The van der Waals surface area contributed by atoms with Gasteiger partial charge in [0.05, 0.1) is 7.11 Å². The van der Waals surface area contributed by atoms with Crippen molar-refractivity contribution in [2.45, 2.75) is 12.8 Å². The summed E-state index contributed by atoms with van der Waals surface area (Å²) in [4.78, 5) is 10.7. The molecule has 0 fully saturated rings. The summed E-state index contributed by atoms with van der Waals surface area (Å²) in [6.45, 7) is 0. The third kappa shape index (κ3) is 2.54. The zero-order chi connectivity index (χ0) is 13.2. The lowest BCUT2D eigenvalue weighted by Gasteiger charge is -2.07. The summed E-state index contributed by atoms with van der Waals surface area (Å²) >= 11 is 0. The van der Waals surface area contributed by atoms with Gasteiger partial charge >= 0.3 is 5.97 Å². The lowest BCUT2D eigenvalue weighted by Crippen LogP contribution is -2.10. The average Bonchev–Trinajstić information content (AvgIpc) is 2.33. The Morgan fingerprint density at radius 2 is 1.35 bits per heavy atom. The van der Waals surface area contributed by atoms with Gasteiger partial charge in [-0.05, 0) is 6.42 Å². The van der Waals surface area contributed by atoms with E-state index < -0.39 is 53.5 Å². The molecule has 2 nitrogen and oxygen atoms in total. The van der Waals surface area contributed by atoms with Crippen LogP contribution >= 0.6 is 0 Å². The SMILES string of the molecule is COC(=O)CCc1c(F)c(F)c(F)c(F)c1F. The fraction of sp³-hybridized carbons (Fsp3) is 0.300. The molecule has 0 spiro atoms. The molecule has 0 radical (unpaired) electrons. The highest BCUT2D eigenvalue weighted by Gasteiger charge is 2.25. The van der Waals surface area contributed by atoms with Crippen LogP contribution in [-0.4, -0.2) is 13.1 Å². The van der Waals surface area contributed by atoms with Crippen LogP contribution in [0.3, 0.4) is 0 Å². The van der Waals surface area contributed by atoms with Crippen molar-refractivity contribution >= 4 is 5.97 Å². The Morgan fingerprint density at radius 3 is 1.76 bits per heavy atom. The van der Waals surface area contributed by atoms with E-state index in [2.05, 4.69) is 4.74 Å². The molecule has 0 bridgehead atoms. The number of halogens is 5. The predicted octanol–water partition coefficient (Wildman–Crippen LogP) is 2.49. The highest BCUT2D eigenvalue weighted by Crippen LogP contribution is 2.23. The highest BCUT2D eigenvalue weighted by atomic mass is 19.2. The molecule has 1 aromatic rings. The molecular formula is C10H7F5O2. The Kier molecular flexibility index (Phi) is 4.03. The van der Waals surface area contributed by atoms with E-state index >= 15 is 0 Å². The van der Waals surface area contributed by atoms with Gasteiger partial charge in [-0.3, -0.25) is 4.79 Å². The molecule has 17 heavy (non-hydrogen) atoms. The van der Waals surface area contributed by atoms with Gasteiger partial charge in [0, 0.05) is 12.0 Å². The molecule has 1 rings (SSSR count). The van der Waals surface area contributed by atoms with E-state index in [4.69, 9.17) is 0 Å². The molecular weight excluding hydrogens is 247 g/mol. The normalized spacial score (nSPS) is 10.5. The van der Waals surface area contributed by atoms with E-state index in [9.17, 15) is 26.7 Å². The van der Waals surface area contributed by atoms with E-state index in [1.165, 1.54) is 0 Å². The first-order valence-corrected chi connectivity index (χ1v) is 4.47. The van der Waals surface area contributed by atoms with Crippen molar-refractivity contribution < 1.29 is 31.5 Å². The second kappa shape index (κ2) is 5.11. The zero-order valence-corrected chi connectivity index (χ0v) is 8.62. The maximum atomic E-state index is 13.1. The molecule has 0 aliphatic carbocycles. The summed E-state index contributed by atoms with van der Waals surface area (Å²) in [7, 11) is 1.04. The monoisotopic (exact) mass is 254 g/mol. The van der Waals surface area contributed by atoms with Crippen LogP contribution in [0, 0.1) is 29.1 Å². The van der Waals surface area contributed by atoms with Crippen molar-refractivity contribution in [2.75, 3.05) is 7.11 Å². The largest absolute Gasteiger partial charge is 0.469 e. The predicted molar refractivity (Wildman–Crippen MR) is 46.6 cm³/mol. The van der Waals surface area contributed by atoms with Crippen LogP contribution in [0.2, 0.25) is 0 Å². The summed E-state index contributed by atoms with van der Waals surface area (Å²) < 4.78 is 68.5. The second-order valence-electron chi connectivity index (χ2n) is 3.12. The second-order valence-corrected chi connectivity index (χ2v) is 3.12. The first-order chi connectivity index (χ1) is 7.90. The van der Waals surface area contributed by atoms with Gasteiger partial charge < -0.3 is 4.74 Å². The van der Waals surface area contributed by atoms with Crippen molar-refractivity contribution in [3.8, 4) is 0 Å². The van der Waals surface area contributed by atoms with Crippen LogP contribution in [0.25, 0.3) is 0 Å². The topological polar surface area (TPSA) is 26.3 Å². The first kappa shape index (κ1) is 13.4. The molecule has 0 aliphatic rings. The molecule has 0 heterocycles. The molecule has 0 N–H and O–H groups in total. The number of rotatable bonds is 3. The van der Waals surface area contributed by atoms with Gasteiger partial charge in [0.15, 0.2) is 23.3 Å². The first-order valence-electron chi connectivity index (χ1n) is 4.47. The minimum atomic E-state index is -2.22. The maximum absolute atomic E-state index is 13.1. The number of carbonyl (C=O) groups excluding carboxylic acids is 1. The van der Waals surface area contributed by atoms with E-state index in [1.54, 1.807) is 0 Å². The van der Waals surface area contributed by atoms with Gasteiger partial charge in [0.2, 0.25) is 5.82 Å². The van der Waals surface area contributed by atoms with Crippen molar-refractivity contribution in [1.29, 1.82) is 0 Å². The molecule has 1 aromatic carbocycles. The average molecular weight is 254 g/mol. The number of benzene rings is 1. The lowest BCUT2D eigenvalue weighted by molar-refractivity contribution is -0.140. The number of ether oxygens (including phenoxy) is 1. The fourth-order valence-corrected chi connectivity index (χ4v) is 1.20. The number of methoxy groups -OCH3 is 1. The van der Waals surface area contributed by atoms with E-state index in [1.807, 2.05) is 0 Å². The molecule has 0 amide bonds. The number of hydrogen-bond donors (Lipinski definition) is 0. The Labute approximate surface area is 93.0 Å². The van der Waals surface area contributed by atoms with E-state index in [-0.39, 0.29) is 0 Å². The van der Waals surface area contributed by atoms with Crippen LogP contribution in [0.4, 0.5) is 22.0 Å². The number of esters is 1. The van der Waals surface area contributed by atoms with Gasteiger partial charge in [-0.1, -0.05) is 0 Å². The third-order valence-corrected chi connectivity index (χ3v) is 2.11. The lowest BCUT2D eigenvalue weighted by atomic mass is 10.1. The van der Waals surface area contributed by atoms with Gasteiger partial charge in [-0.15, -0.1) is 0 Å². The number of carbonyl (C=O) groups is 1. The molecule has 0 atom stereocenters. The minimum Gasteiger partial charge on any atom is -0.469 e. The molecule has 94 valence electrons. The van der Waals surface area contributed by atoms with Crippen molar-refractivity contribution in [3.05, 3.63) is 34.6 Å². The maximum Gasteiger partial charge on any atom is 0.305 e. The fourth-order valence-electron chi connectivity index (χ4n) is 1.20. The molecule has 0 aliphatic heterocycles. The Hall–Kier alpha value is -1.66. The summed E-state index contributed by atoms with van der Waals surface area (Å²) in [5, 5.41) is 0. The van der Waals surface area contributed by atoms with Gasteiger partial charge in [-0.25, -0.2) is 22.0 Å². The van der Waals surface area contributed by atoms with Crippen molar-refractivity contribution in [2.24, 2.45) is 0 Å². The minimum absolute atomic E-state index is 0.477. The van der Waals surface area contributed by atoms with Crippen molar-refractivity contribution in [3.63, 3.8) is 0 Å². The third-order valence-electron chi connectivity index (χ3n) is 2.11. The Balaban J connectivity index is 3.12. The van der Waals surface area contributed by atoms with E-state index in [0.717, 1.165) is 7.11 Å². The van der Waals surface area contributed by atoms with Crippen LogP contribution < -0.4 is 0 Å². The summed E-state index contributed by atoms with van der Waals surface area (Å²) in [6.07, 6.45) is -1.10. The summed E-state index contributed by atoms with van der Waals surface area (Å²) in [5.74, 6) is -10.9. The Bertz CT molecular complexity index is 429. The molecule has 0 aromatic heterocycles. The van der Waals surface area contributed by atoms with E-state index in [0.29, 0.717) is 0 Å². The quantitative estimate of drug-likeness (QED) is 0.358. The summed E-state index contributed by atoms with van der Waals surface area (Å²) in [6, 6.07) is 0. The van der Waals surface area contributed by atoms with Gasteiger partial charge in [-0.2, -0.15) is 0 Å². The Morgan fingerprint density at radius 1 is 0.941 bits per heavy atom. The molecule has 0 saturated heterocycles. The van der Waals surface area contributed by atoms with Crippen LogP contribution in [0.1, 0.15) is 12.0 Å². The zero-order valence-electron chi connectivity index (χ0n) is 8.62. The van der Waals surface area contributed by atoms with Crippen LogP contribution in [0.15, 0.2) is 0 Å².